The van der Waals surface area contributed by atoms with Crippen LogP contribution < -0.4 is 5.32 Å². The highest BCUT2D eigenvalue weighted by atomic mass is 32.2. The van der Waals surface area contributed by atoms with Crippen molar-refractivity contribution in [3.63, 3.8) is 0 Å². The van der Waals surface area contributed by atoms with E-state index in [2.05, 4.69) is 26.5 Å². The number of thioether (sulfide) groups is 1. The van der Waals surface area contributed by atoms with Crippen LogP contribution in [0, 0.1) is 25.2 Å². The molecule has 4 rings (SSSR count). The maximum absolute atomic E-state index is 12.6. The van der Waals surface area contributed by atoms with Crippen molar-refractivity contribution in [2.75, 3.05) is 37.4 Å². The monoisotopic (exact) mass is 468 g/mol. The summed E-state index contributed by atoms with van der Waals surface area (Å²) in [7, 11) is 0. The van der Waals surface area contributed by atoms with Crippen LogP contribution in [0.3, 0.4) is 0 Å². The predicted molar refractivity (Wildman–Crippen MR) is 125 cm³/mol. The zero-order valence-electron chi connectivity index (χ0n) is 18.0. The zero-order valence-corrected chi connectivity index (χ0v) is 19.6. The fraction of sp³-hybridized carbons (Fsp3) is 0.364. The summed E-state index contributed by atoms with van der Waals surface area (Å²) in [5, 5.41) is 22.4. The molecule has 1 N–H and O–H groups in total. The second-order valence-corrected chi connectivity index (χ2v) is 9.56. The summed E-state index contributed by atoms with van der Waals surface area (Å²) in [6, 6.07) is 12.1. The number of nitrogens with zero attached hydrogens (tertiary/aromatic N) is 5. The molecule has 1 fully saturated rings. The van der Waals surface area contributed by atoms with Crippen molar-refractivity contribution >= 4 is 34.0 Å². The Morgan fingerprint density at radius 2 is 2.00 bits per heavy atom. The van der Waals surface area contributed by atoms with Gasteiger partial charge in [-0.25, -0.2) is 0 Å². The molecule has 2 aromatic heterocycles. The first-order valence-corrected chi connectivity index (χ1v) is 12.1. The van der Waals surface area contributed by atoms with Gasteiger partial charge >= 0.3 is 0 Å². The van der Waals surface area contributed by atoms with E-state index in [9.17, 15) is 10.1 Å². The molecule has 0 radical (unpaired) electrons. The molecule has 1 amide bonds. The Bertz CT molecular complexity index is 1130. The molecule has 0 atom stereocenters. The molecule has 3 aromatic rings. The van der Waals surface area contributed by atoms with E-state index >= 15 is 0 Å². The van der Waals surface area contributed by atoms with Gasteiger partial charge in [0.25, 0.3) is 0 Å². The second kappa shape index (κ2) is 10.3. The van der Waals surface area contributed by atoms with Crippen LogP contribution in [0.2, 0.25) is 0 Å². The molecule has 0 saturated carbocycles. The van der Waals surface area contributed by atoms with E-state index in [0.717, 1.165) is 35.0 Å². The molecular weight excluding hydrogens is 444 g/mol. The van der Waals surface area contributed by atoms with Gasteiger partial charge in [0.15, 0.2) is 11.0 Å². The number of thiophene rings is 1. The summed E-state index contributed by atoms with van der Waals surface area (Å²) < 4.78 is 7.45. The average Bonchev–Trinajstić information content (AvgIpc) is 3.33. The third kappa shape index (κ3) is 5.02. The molecule has 166 valence electrons. The molecule has 3 heterocycles. The zero-order chi connectivity index (χ0) is 22.5. The highest BCUT2D eigenvalue weighted by molar-refractivity contribution is 7.99. The molecular formula is C22H24N6O2S2. The quantitative estimate of drug-likeness (QED) is 0.531. The first-order valence-electron chi connectivity index (χ1n) is 10.3. The lowest BCUT2D eigenvalue weighted by molar-refractivity contribution is -0.113. The molecule has 1 saturated heterocycles. The molecule has 10 heteroatoms. The maximum Gasteiger partial charge on any atom is 0.235 e. The van der Waals surface area contributed by atoms with Crippen LogP contribution in [-0.4, -0.2) is 57.6 Å². The number of ether oxygens (including phenoxy) is 1. The largest absolute Gasteiger partial charge is 0.379 e. The lowest BCUT2D eigenvalue weighted by Gasteiger charge is -2.26. The van der Waals surface area contributed by atoms with E-state index in [-0.39, 0.29) is 11.7 Å². The molecule has 0 spiro atoms. The molecule has 0 bridgehead atoms. The molecule has 0 unspecified atom stereocenters. The van der Waals surface area contributed by atoms with Crippen molar-refractivity contribution in [2.24, 2.45) is 0 Å². The van der Waals surface area contributed by atoms with Crippen molar-refractivity contribution < 1.29 is 9.53 Å². The summed E-state index contributed by atoms with van der Waals surface area (Å²) in [5.41, 5.74) is 2.41. The van der Waals surface area contributed by atoms with Crippen LogP contribution >= 0.6 is 23.1 Å². The summed E-state index contributed by atoms with van der Waals surface area (Å²) in [5.74, 6) is 0.825. The third-order valence-electron chi connectivity index (χ3n) is 5.27. The SMILES string of the molecule is Cc1sc(NC(=O)CSc2nnc(CN3CCOCC3)n2-c2ccccc2)c(C#N)c1C. The van der Waals surface area contributed by atoms with Gasteiger partial charge in [0.1, 0.15) is 11.1 Å². The fourth-order valence-electron chi connectivity index (χ4n) is 3.43. The molecule has 1 aliphatic heterocycles. The van der Waals surface area contributed by atoms with Gasteiger partial charge in [0.05, 0.1) is 31.1 Å². The van der Waals surface area contributed by atoms with Crippen LogP contribution in [0.4, 0.5) is 5.00 Å². The smallest absolute Gasteiger partial charge is 0.235 e. The van der Waals surface area contributed by atoms with E-state index in [1.165, 1.54) is 23.1 Å². The molecule has 8 nitrogen and oxygen atoms in total. The Morgan fingerprint density at radius 1 is 1.25 bits per heavy atom. The van der Waals surface area contributed by atoms with Gasteiger partial charge < -0.3 is 10.1 Å². The predicted octanol–water partition coefficient (Wildman–Crippen LogP) is 3.38. The van der Waals surface area contributed by atoms with Gasteiger partial charge in [0, 0.05) is 23.7 Å². The van der Waals surface area contributed by atoms with Crippen LogP contribution in [0.1, 0.15) is 21.8 Å². The molecule has 1 aliphatic rings. The average molecular weight is 469 g/mol. The normalized spacial score (nSPS) is 14.3. The van der Waals surface area contributed by atoms with Crippen molar-refractivity contribution in [1.29, 1.82) is 5.26 Å². The van der Waals surface area contributed by atoms with Crippen molar-refractivity contribution in [3.8, 4) is 11.8 Å². The lowest BCUT2D eigenvalue weighted by Crippen LogP contribution is -2.36. The number of hydrogen-bond donors (Lipinski definition) is 1. The third-order valence-corrected chi connectivity index (χ3v) is 7.32. The number of carbonyl (C=O) groups excluding carboxylic acids is 1. The highest BCUT2D eigenvalue weighted by Gasteiger charge is 2.20. The van der Waals surface area contributed by atoms with Gasteiger partial charge in [-0.3, -0.25) is 14.3 Å². The standard InChI is InChI=1S/C22H24N6O2S2/c1-15-16(2)32-21(18(15)12-23)24-20(29)14-31-22-26-25-19(13-27-8-10-30-11-9-27)28(22)17-6-4-3-5-7-17/h3-7H,8-11,13-14H2,1-2H3,(H,24,29). The topological polar surface area (TPSA) is 96.1 Å². The number of aromatic nitrogens is 3. The Balaban J connectivity index is 1.50. The summed E-state index contributed by atoms with van der Waals surface area (Å²) in [4.78, 5) is 16.0. The van der Waals surface area contributed by atoms with Crippen LogP contribution in [0.15, 0.2) is 35.5 Å². The summed E-state index contributed by atoms with van der Waals surface area (Å²) in [6.07, 6.45) is 0. The highest BCUT2D eigenvalue weighted by Crippen LogP contribution is 2.32. The minimum absolute atomic E-state index is 0.170. The van der Waals surface area contributed by atoms with Crippen molar-refractivity contribution in [3.05, 3.63) is 52.2 Å². The van der Waals surface area contributed by atoms with E-state index < -0.39 is 0 Å². The summed E-state index contributed by atoms with van der Waals surface area (Å²) >= 11 is 2.76. The molecule has 0 aliphatic carbocycles. The minimum atomic E-state index is -0.176. The van der Waals surface area contributed by atoms with Crippen LogP contribution in [-0.2, 0) is 16.1 Å². The number of para-hydroxylation sites is 1. The van der Waals surface area contributed by atoms with E-state index in [1.807, 2.05) is 48.7 Å². The molecule has 1 aromatic carbocycles. The van der Waals surface area contributed by atoms with Crippen molar-refractivity contribution in [2.45, 2.75) is 25.5 Å². The van der Waals surface area contributed by atoms with Crippen molar-refractivity contribution in [1.82, 2.24) is 19.7 Å². The van der Waals surface area contributed by atoms with Gasteiger partial charge in [-0.15, -0.1) is 21.5 Å². The number of anilines is 1. The van der Waals surface area contributed by atoms with Crippen LogP contribution in [0.25, 0.3) is 5.69 Å². The minimum Gasteiger partial charge on any atom is -0.379 e. The second-order valence-electron chi connectivity index (χ2n) is 7.39. The summed E-state index contributed by atoms with van der Waals surface area (Å²) in [6.45, 7) is 7.65. The number of carbonyl (C=O) groups is 1. The van der Waals surface area contributed by atoms with Gasteiger partial charge in [-0.2, -0.15) is 5.26 Å². The van der Waals surface area contributed by atoms with E-state index in [0.29, 0.717) is 35.5 Å². The Hall–Kier alpha value is -2.71. The molecule has 32 heavy (non-hydrogen) atoms. The number of aryl methyl sites for hydroxylation is 1. The number of nitrogens with one attached hydrogen (secondary N) is 1. The van der Waals surface area contributed by atoms with E-state index in [1.54, 1.807) is 0 Å². The fourth-order valence-corrected chi connectivity index (χ4v) is 5.23. The number of morpholine rings is 1. The number of nitriles is 1. The van der Waals surface area contributed by atoms with Crippen LogP contribution in [0.5, 0.6) is 0 Å². The number of rotatable bonds is 7. The maximum atomic E-state index is 12.6. The van der Waals surface area contributed by atoms with E-state index in [4.69, 9.17) is 4.74 Å². The van der Waals surface area contributed by atoms with Gasteiger partial charge in [-0.1, -0.05) is 30.0 Å². The Kier molecular flexibility index (Phi) is 7.22. The lowest BCUT2D eigenvalue weighted by atomic mass is 10.2. The number of amides is 1. The Labute approximate surface area is 195 Å². The number of hydrogen-bond acceptors (Lipinski definition) is 8. The first-order chi connectivity index (χ1) is 15.6. The Morgan fingerprint density at radius 3 is 2.72 bits per heavy atom. The first kappa shape index (κ1) is 22.5. The van der Waals surface area contributed by atoms with Gasteiger partial charge in [0.2, 0.25) is 5.91 Å². The number of benzene rings is 1. The van der Waals surface area contributed by atoms with Gasteiger partial charge in [-0.05, 0) is 31.5 Å².